The van der Waals surface area contributed by atoms with Crippen molar-refractivity contribution in [1.29, 1.82) is 5.26 Å². The zero-order chi connectivity index (χ0) is 11.9. The van der Waals surface area contributed by atoms with Crippen molar-refractivity contribution < 1.29 is 0 Å². The van der Waals surface area contributed by atoms with Gasteiger partial charge in [-0.1, -0.05) is 27.7 Å². The van der Waals surface area contributed by atoms with E-state index in [1.807, 2.05) is 0 Å². The molecule has 0 saturated heterocycles. The normalized spacial score (nSPS) is 13.9. The van der Waals surface area contributed by atoms with Gasteiger partial charge in [0, 0.05) is 12.6 Å². The maximum Gasteiger partial charge on any atom is 0.0638 e. The van der Waals surface area contributed by atoms with Crippen LogP contribution in [0.3, 0.4) is 0 Å². The summed E-state index contributed by atoms with van der Waals surface area (Å²) in [5, 5.41) is 8.77. The summed E-state index contributed by atoms with van der Waals surface area (Å²) in [5.41, 5.74) is 5.87. The van der Waals surface area contributed by atoms with Crippen molar-refractivity contribution in [3.8, 4) is 6.07 Å². The minimum Gasteiger partial charge on any atom is -0.330 e. The lowest BCUT2D eigenvalue weighted by Crippen LogP contribution is -2.43. The van der Waals surface area contributed by atoms with Gasteiger partial charge in [0.2, 0.25) is 0 Å². The van der Waals surface area contributed by atoms with Crippen molar-refractivity contribution in [2.75, 3.05) is 19.6 Å². The Bertz CT molecular complexity index is 205. The van der Waals surface area contributed by atoms with Crippen LogP contribution in [-0.4, -0.2) is 30.6 Å². The van der Waals surface area contributed by atoms with Gasteiger partial charge in [0.25, 0.3) is 0 Å². The molecule has 0 spiro atoms. The van der Waals surface area contributed by atoms with Crippen LogP contribution in [0.1, 0.15) is 40.5 Å². The minimum absolute atomic E-state index is 0.138. The second-order valence-electron chi connectivity index (χ2n) is 4.86. The van der Waals surface area contributed by atoms with E-state index in [4.69, 9.17) is 11.0 Å². The summed E-state index contributed by atoms with van der Waals surface area (Å²) in [6.07, 6.45) is 1.65. The molecule has 0 heterocycles. The van der Waals surface area contributed by atoms with Crippen LogP contribution >= 0.6 is 0 Å². The number of hydrogen-bond acceptors (Lipinski definition) is 3. The average Bonchev–Trinajstić information content (AvgIpc) is 2.23. The lowest BCUT2D eigenvalue weighted by Gasteiger charge is -2.35. The SMILES string of the molecule is CCC(CC#N)N(CC)CC(C)(C)CN. The highest BCUT2D eigenvalue weighted by molar-refractivity contribution is 4.84. The molecule has 0 aliphatic rings. The minimum atomic E-state index is 0.138. The third-order valence-corrected chi connectivity index (χ3v) is 2.90. The third kappa shape index (κ3) is 5.15. The van der Waals surface area contributed by atoms with Gasteiger partial charge in [-0.05, 0) is 24.9 Å². The zero-order valence-electron chi connectivity index (χ0n) is 10.6. The highest BCUT2D eigenvalue weighted by Crippen LogP contribution is 2.18. The predicted octanol–water partition coefficient (Wildman–Crippen LogP) is 1.99. The van der Waals surface area contributed by atoms with Crippen molar-refractivity contribution in [1.82, 2.24) is 4.90 Å². The maximum absolute atomic E-state index is 8.77. The Kier molecular flexibility index (Phi) is 6.55. The number of hydrogen-bond donors (Lipinski definition) is 1. The number of nitrogens with zero attached hydrogens (tertiary/aromatic N) is 2. The van der Waals surface area contributed by atoms with Crippen molar-refractivity contribution in [2.45, 2.75) is 46.6 Å². The van der Waals surface area contributed by atoms with Crippen molar-refractivity contribution in [3.63, 3.8) is 0 Å². The first-order chi connectivity index (χ1) is 7.00. The molecule has 0 radical (unpaired) electrons. The van der Waals surface area contributed by atoms with Gasteiger partial charge in [0.15, 0.2) is 0 Å². The molecule has 0 fully saturated rings. The van der Waals surface area contributed by atoms with E-state index in [1.54, 1.807) is 0 Å². The molecule has 3 nitrogen and oxygen atoms in total. The summed E-state index contributed by atoms with van der Waals surface area (Å²) in [5.74, 6) is 0. The van der Waals surface area contributed by atoms with Gasteiger partial charge in [0.1, 0.15) is 0 Å². The highest BCUT2D eigenvalue weighted by Gasteiger charge is 2.23. The molecule has 88 valence electrons. The van der Waals surface area contributed by atoms with Crippen LogP contribution in [0.15, 0.2) is 0 Å². The topological polar surface area (TPSA) is 53.0 Å². The van der Waals surface area contributed by atoms with Gasteiger partial charge in [-0.3, -0.25) is 4.90 Å². The lowest BCUT2D eigenvalue weighted by molar-refractivity contribution is 0.137. The molecule has 0 aromatic heterocycles. The molecule has 2 N–H and O–H groups in total. The molecular weight excluding hydrogens is 186 g/mol. The predicted molar refractivity (Wildman–Crippen MR) is 64.4 cm³/mol. The Hall–Kier alpha value is -0.590. The van der Waals surface area contributed by atoms with Gasteiger partial charge in [-0.25, -0.2) is 0 Å². The largest absolute Gasteiger partial charge is 0.330 e. The second kappa shape index (κ2) is 6.81. The monoisotopic (exact) mass is 211 g/mol. The Morgan fingerprint density at radius 2 is 2.00 bits per heavy atom. The average molecular weight is 211 g/mol. The fourth-order valence-corrected chi connectivity index (χ4v) is 1.75. The van der Waals surface area contributed by atoms with Crippen molar-refractivity contribution >= 4 is 0 Å². The third-order valence-electron chi connectivity index (χ3n) is 2.90. The van der Waals surface area contributed by atoms with E-state index < -0.39 is 0 Å². The molecule has 0 rings (SSSR count). The molecular formula is C12H25N3. The van der Waals surface area contributed by atoms with Crippen LogP contribution in [0.4, 0.5) is 0 Å². The maximum atomic E-state index is 8.77. The van der Waals surface area contributed by atoms with Gasteiger partial charge >= 0.3 is 0 Å². The highest BCUT2D eigenvalue weighted by atomic mass is 15.2. The van der Waals surface area contributed by atoms with Gasteiger partial charge in [0.05, 0.1) is 12.5 Å². The molecule has 0 bridgehead atoms. The fraction of sp³-hybridized carbons (Fsp3) is 0.917. The van der Waals surface area contributed by atoms with Crippen molar-refractivity contribution in [2.24, 2.45) is 11.1 Å². The number of rotatable bonds is 7. The Morgan fingerprint density at radius 1 is 1.40 bits per heavy atom. The van der Waals surface area contributed by atoms with E-state index in [-0.39, 0.29) is 5.41 Å². The summed E-state index contributed by atoms with van der Waals surface area (Å²) in [6, 6.07) is 2.64. The second-order valence-corrected chi connectivity index (χ2v) is 4.86. The van der Waals surface area contributed by atoms with Crippen LogP contribution in [0.25, 0.3) is 0 Å². The van der Waals surface area contributed by atoms with E-state index in [0.29, 0.717) is 19.0 Å². The molecule has 3 heteroatoms. The van der Waals surface area contributed by atoms with Crippen LogP contribution < -0.4 is 5.73 Å². The number of nitriles is 1. The van der Waals surface area contributed by atoms with Crippen LogP contribution in [0.5, 0.6) is 0 Å². The zero-order valence-corrected chi connectivity index (χ0v) is 10.6. The Balaban J connectivity index is 4.40. The standard InChI is InChI=1S/C12H25N3/c1-5-11(7-8-13)15(6-2)10-12(3,4)9-14/h11H,5-7,9-10,14H2,1-4H3. The smallest absolute Gasteiger partial charge is 0.0638 e. The molecule has 0 saturated carbocycles. The summed E-state index contributed by atoms with van der Waals surface area (Å²) in [4.78, 5) is 2.37. The van der Waals surface area contributed by atoms with Gasteiger partial charge in [-0.15, -0.1) is 0 Å². The first-order valence-corrected chi connectivity index (χ1v) is 5.81. The Labute approximate surface area is 94.2 Å². The van der Waals surface area contributed by atoms with Gasteiger partial charge < -0.3 is 5.73 Å². The molecule has 0 aromatic rings. The van der Waals surface area contributed by atoms with Crippen LogP contribution in [-0.2, 0) is 0 Å². The Morgan fingerprint density at radius 3 is 2.33 bits per heavy atom. The van der Waals surface area contributed by atoms with Crippen LogP contribution in [0, 0.1) is 16.7 Å². The lowest BCUT2D eigenvalue weighted by atomic mass is 9.92. The quantitative estimate of drug-likeness (QED) is 0.700. The molecule has 0 aliphatic carbocycles. The van der Waals surface area contributed by atoms with Gasteiger partial charge in [-0.2, -0.15) is 5.26 Å². The van der Waals surface area contributed by atoms with E-state index >= 15 is 0 Å². The molecule has 15 heavy (non-hydrogen) atoms. The van der Waals surface area contributed by atoms with E-state index in [1.165, 1.54) is 0 Å². The van der Waals surface area contributed by atoms with Crippen LogP contribution in [0.2, 0.25) is 0 Å². The molecule has 0 aromatic carbocycles. The molecule has 0 aliphatic heterocycles. The summed E-state index contributed by atoms with van der Waals surface area (Å²) >= 11 is 0. The fourth-order valence-electron chi connectivity index (χ4n) is 1.75. The molecule has 1 atom stereocenters. The first-order valence-electron chi connectivity index (χ1n) is 5.81. The van der Waals surface area contributed by atoms with Crippen molar-refractivity contribution in [3.05, 3.63) is 0 Å². The van der Waals surface area contributed by atoms with E-state index in [2.05, 4.69) is 38.7 Å². The molecule has 0 amide bonds. The summed E-state index contributed by atoms with van der Waals surface area (Å²) in [6.45, 7) is 11.3. The first kappa shape index (κ1) is 14.4. The number of nitrogens with two attached hydrogens (primary N) is 1. The van der Waals surface area contributed by atoms with E-state index in [0.717, 1.165) is 19.5 Å². The molecule has 1 unspecified atom stereocenters. The van der Waals surface area contributed by atoms with E-state index in [9.17, 15) is 0 Å². The summed E-state index contributed by atoms with van der Waals surface area (Å²) < 4.78 is 0. The summed E-state index contributed by atoms with van der Waals surface area (Å²) in [7, 11) is 0.